The molecule has 1 aliphatic rings. The minimum atomic E-state index is -0.734. The molecule has 1 atom stereocenters. The van der Waals surface area contributed by atoms with Crippen LogP contribution in [0.4, 0.5) is 0 Å². The molecule has 1 aliphatic carbocycles. The van der Waals surface area contributed by atoms with Gasteiger partial charge in [-0.3, -0.25) is 4.79 Å². The van der Waals surface area contributed by atoms with E-state index in [2.05, 4.69) is 28.8 Å². The number of phenols is 1. The number of carbonyl (C=O) groups is 1. The van der Waals surface area contributed by atoms with Crippen LogP contribution in [0, 0.1) is 0 Å². The van der Waals surface area contributed by atoms with Crippen LogP contribution in [-0.4, -0.2) is 40.4 Å². The monoisotopic (exact) mass is 460 g/mol. The molecular weight excluding hydrogens is 428 g/mol. The van der Waals surface area contributed by atoms with E-state index in [-0.39, 0.29) is 24.3 Å². The Morgan fingerprint density at radius 3 is 2.44 bits per heavy atom. The van der Waals surface area contributed by atoms with Gasteiger partial charge in [-0.2, -0.15) is 0 Å². The molecule has 3 aromatic carbocycles. The van der Waals surface area contributed by atoms with Gasteiger partial charge >= 0.3 is 0 Å². The number of aliphatic hydroxyl groups excluding tert-OH is 2. The number of carbonyl (C=O) groups excluding carboxylic acids is 1. The first-order valence-corrected chi connectivity index (χ1v) is 11.8. The van der Waals surface area contributed by atoms with Crippen LogP contribution in [0.25, 0.3) is 0 Å². The van der Waals surface area contributed by atoms with E-state index in [0.717, 1.165) is 30.4 Å². The Bertz CT molecular complexity index is 1110. The lowest BCUT2D eigenvalue weighted by Gasteiger charge is -2.14. The Morgan fingerprint density at radius 1 is 0.971 bits per heavy atom. The van der Waals surface area contributed by atoms with Gasteiger partial charge in [-0.05, 0) is 65.8 Å². The number of amides is 1. The Labute approximate surface area is 200 Å². The van der Waals surface area contributed by atoms with Gasteiger partial charge < -0.3 is 26.0 Å². The lowest BCUT2D eigenvalue weighted by Crippen LogP contribution is -2.36. The van der Waals surface area contributed by atoms with Gasteiger partial charge in [0.1, 0.15) is 5.75 Å². The standard InChI is InChI=1S/C28H32N2O4/c31-18-24-14-23(8-9-26(24)32)27(33)17-29-11-10-19-4-3-5-20(12-19)13-28(34)30-25-15-21-6-1-2-7-22(21)16-25/h1-9,12,14,25,27,29,31-33H,10-11,13,15-18H2,(H,30,34)/t27-/m0/s1. The molecule has 3 aromatic rings. The molecule has 1 amide bonds. The molecule has 6 nitrogen and oxygen atoms in total. The van der Waals surface area contributed by atoms with Gasteiger partial charge in [-0.25, -0.2) is 0 Å². The summed E-state index contributed by atoms with van der Waals surface area (Å²) in [4.78, 5) is 12.6. The summed E-state index contributed by atoms with van der Waals surface area (Å²) in [5.41, 5.74) is 5.82. The molecule has 0 spiro atoms. The van der Waals surface area contributed by atoms with Crippen molar-refractivity contribution in [3.63, 3.8) is 0 Å². The molecule has 5 N–H and O–H groups in total. The second-order valence-corrected chi connectivity index (χ2v) is 8.95. The van der Waals surface area contributed by atoms with E-state index >= 15 is 0 Å². The van der Waals surface area contributed by atoms with Crippen molar-refractivity contribution in [2.45, 2.75) is 44.4 Å². The molecule has 4 rings (SSSR count). The molecule has 178 valence electrons. The molecule has 34 heavy (non-hydrogen) atoms. The fraction of sp³-hybridized carbons (Fsp3) is 0.321. The highest BCUT2D eigenvalue weighted by atomic mass is 16.3. The minimum absolute atomic E-state index is 0.0216. The van der Waals surface area contributed by atoms with Crippen molar-refractivity contribution in [2.24, 2.45) is 0 Å². The number of fused-ring (bicyclic) bond motifs is 1. The van der Waals surface area contributed by atoms with E-state index in [1.165, 1.54) is 17.2 Å². The third-order valence-electron chi connectivity index (χ3n) is 6.36. The SMILES string of the molecule is O=C(Cc1cccc(CCNC[C@H](O)c2ccc(O)c(CO)c2)c1)NC1Cc2ccccc2C1. The quantitative estimate of drug-likeness (QED) is 0.299. The van der Waals surface area contributed by atoms with Gasteiger partial charge in [0.25, 0.3) is 0 Å². The zero-order chi connectivity index (χ0) is 23.9. The lowest BCUT2D eigenvalue weighted by atomic mass is 10.0. The Hall–Kier alpha value is -3.19. The van der Waals surface area contributed by atoms with Gasteiger partial charge in [-0.1, -0.05) is 54.6 Å². The van der Waals surface area contributed by atoms with Crippen molar-refractivity contribution in [2.75, 3.05) is 13.1 Å². The molecule has 0 bridgehead atoms. The normalized spacial score (nSPS) is 14.1. The van der Waals surface area contributed by atoms with E-state index in [4.69, 9.17) is 0 Å². The van der Waals surface area contributed by atoms with Crippen molar-refractivity contribution in [3.05, 3.63) is 100 Å². The number of rotatable bonds is 10. The fourth-order valence-electron chi connectivity index (χ4n) is 4.55. The van der Waals surface area contributed by atoms with Crippen LogP contribution < -0.4 is 10.6 Å². The third kappa shape index (κ3) is 6.23. The van der Waals surface area contributed by atoms with Crippen LogP contribution in [-0.2, 0) is 37.1 Å². The number of nitrogens with one attached hydrogen (secondary N) is 2. The first-order chi connectivity index (χ1) is 16.5. The Balaban J connectivity index is 1.21. The summed E-state index contributed by atoms with van der Waals surface area (Å²) in [5.74, 6) is 0.0701. The second kappa shape index (κ2) is 11.3. The van der Waals surface area contributed by atoms with Crippen molar-refractivity contribution < 1.29 is 20.1 Å². The summed E-state index contributed by atoms with van der Waals surface area (Å²) in [6.45, 7) is 0.766. The van der Waals surface area contributed by atoms with Gasteiger partial charge in [0.2, 0.25) is 5.91 Å². The van der Waals surface area contributed by atoms with Gasteiger partial charge in [0.15, 0.2) is 0 Å². The molecule has 0 saturated carbocycles. The highest BCUT2D eigenvalue weighted by molar-refractivity contribution is 5.79. The number of aliphatic hydroxyl groups is 2. The van der Waals surface area contributed by atoms with Gasteiger partial charge in [0.05, 0.1) is 19.1 Å². The Morgan fingerprint density at radius 2 is 1.71 bits per heavy atom. The number of aromatic hydroxyl groups is 1. The Kier molecular flexibility index (Phi) is 7.95. The maximum Gasteiger partial charge on any atom is 0.224 e. The zero-order valence-electron chi connectivity index (χ0n) is 19.2. The van der Waals surface area contributed by atoms with Gasteiger partial charge in [-0.15, -0.1) is 0 Å². The first-order valence-electron chi connectivity index (χ1n) is 11.8. The highest BCUT2D eigenvalue weighted by Gasteiger charge is 2.22. The predicted molar refractivity (Wildman–Crippen MR) is 131 cm³/mol. The van der Waals surface area contributed by atoms with Gasteiger partial charge in [0, 0.05) is 18.2 Å². The van der Waals surface area contributed by atoms with Crippen molar-refractivity contribution >= 4 is 5.91 Å². The van der Waals surface area contributed by atoms with Crippen LogP contribution in [0.1, 0.15) is 39.5 Å². The van der Waals surface area contributed by atoms with Crippen molar-refractivity contribution in [1.29, 1.82) is 0 Å². The van der Waals surface area contributed by atoms with Crippen LogP contribution >= 0.6 is 0 Å². The van der Waals surface area contributed by atoms with Crippen molar-refractivity contribution in [1.82, 2.24) is 10.6 Å². The first kappa shape index (κ1) is 24.0. The van der Waals surface area contributed by atoms with E-state index in [1.54, 1.807) is 12.1 Å². The molecule has 6 heteroatoms. The molecular formula is C28H32N2O4. The summed E-state index contributed by atoms with van der Waals surface area (Å²) in [6, 6.07) is 21.3. The van der Waals surface area contributed by atoms with Crippen LogP contribution in [0.15, 0.2) is 66.7 Å². The minimum Gasteiger partial charge on any atom is -0.508 e. The predicted octanol–water partition coefficient (Wildman–Crippen LogP) is 2.58. The summed E-state index contributed by atoms with van der Waals surface area (Å²) < 4.78 is 0. The molecule has 0 fully saturated rings. The maximum atomic E-state index is 12.6. The largest absolute Gasteiger partial charge is 0.508 e. The van der Waals surface area contributed by atoms with Crippen LogP contribution in [0.3, 0.4) is 0 Å². The topological polar surface area (TPSA) is 102 Å². The molecule has 0 aromatic heterocycles. The maximum absolute atomic E-state index is 12.6. The van der Waals surface area contributed by atoms with E-state index in [9.17, 15) is 20.1 Å². The highest BCUT2D eigenvalue weighted by Crippen LogP contribution is 2.23. The molecule has 0 saturated heterocycles. The lowest BCUT2D eigenvalue weighted by molar-refractivity contribution is -0.121. The summed E-state index contributed by atoms with van der Waals surface area (Å²) in [5, 5.41) is 35.7. The summed E-state index contributed by atoms with van der Waals surface area (Å²) in [6.07, 6.45) is 2.19. The third-order valence-corrected chi connectivity index (χ3v) is 6.36. The number of benzene rings is 3. The average Bonchev–Trinajstić information content (AvgIpc) is 3.24. The smallest absolute Gasteiger partial charge is 0.224 e. The van der Waals surface area contributed by atoms with Crippen LogP contribution in [0.2, 0.25) is 0 Å². The number of hydrogen-bond acceptors (Lipinski definition) is 5. The molecule has 0 unspecified atom stereocenters. The number of hydrogen-bond donors (Lipinski definition) is 5. The molecule has 0 heterocycles. The van der Waals surface area contributed by atoms with E-state index in [0.29, 0.717) is 30.6 Å². The van der Waals surface area contributed by atoms with Crippen LogP contribution in [0.5, 0.6) is 5.75 Å². The molecule has 0 radical (unpaired) electrons. The average molecular weight is 461 g/mol. The fourth-order valence-corrected chi connectivity index (χ4v) is 4.55. The molecule has 0 aliphatic heterocycles. The van der Waals surface area contributed by atoms with Crippen molar-refractivity contribution in [3.8, 4) is 5.75 Å². The van der Waals surface area contributed by atoms with E-state index < -0.39 is 6.10 Å². The van der Waals surface area contributed by atoms with E-state index in [1.807, 2.05) is 30.3 Å². The zero-order valence-corrected chi connectivity index (χ0v) is 19.2. The second-order valence-electron chi connectivity index (χ2n) is 8.95. The summed E-state index contributed by atoms with van der Waals surface area (Å²) >= 11 is 0. The summed E-state index contributed by atoms with van der Waals surface area (Å²) in [7, 11) is 0.